The van der Waals surface area contributed by atoms with Gasteiger partial charge in [0.2, 0.25) is 0 Å². The Hall–Kier alpha value is -2.45. The maximum Gasteiger partial charge on any atom is 0.183 e. The largest absolute Gasteiger partial charge is 0.380 e. The molecule has 0 aliphatic carbocycles. The highest BCUT2D eigenvalue weighted by atomic mass is 19.2. The molecule has 0 aliphatic heterocycles. The second kappa shape index (κ2) is 6.13. The van der Waals surface area contributed by atoms with E-state index in [1.54, 1.807) is 31.4 Å². The Bertz CT molecular complexity index is 665. The number of nitrogens with one attached hydrogen (secondary N) is 1. The van der Waals surface area contributed by atoms with Crippen molar-refractivity contribution in [3.63, 3.8) is 0 Å². The summed E-state index contributed by atoms with van der Waals surface area (Å²) in [6.07, 6.45) is 0. The fourth-order valence-electron chi connectivity index (χ4n) is 1.79. The quantitative estimate of drug-likeness (QED) is 0.924. The summed E-state index contributed by atoms with van der Waals surface area (Å²) in [5.41, 5.74) is 1.19. The van der Waals surface area contributed by atoms with Crippen LogP contribution in [0.15, 0.2) is 36.4 Å². The molecule has 0 saturated carbocycles. The van der Waals surface area contributed by atoms with Crippen LogP contribution in [-0.2, 0) is 11.3 Å². The summed E-state index contributed by atoms with van der Waals surface area (Å²) in [6, 6.07) is 11.3. The van der Waals surface area contributed by atoms with E-state index in [0.717, 1.165) is 5.56 Å². The van der Waals surface area contributed by atoms with Gasteiger partial charge in [-0.25, -0.2) is 8.78 Å². The second-order valence-corrected chi connectivity index (χ2v) is 4.16. The second-order valence-electron chi connectivity index (χ2n) is 4.16. The summed E-state index contributed by atoms with van der Waals surface area (Å²) in [4.78, 5) is 0. The van der Waals surface area contributed by atoms with Crippen LogP contribution in [0.25, 0.3) is 0 Å². The molecule has 3 nitrogen and oxygen atoms in total. The van der Waals surface area contributed by atoms with Crippen molar-refractivity contribution in [2.24, 2.45) is 0 Å². The highest BCUT2D eigenvalue weighted by Crippen LogP contribution is 2.24. The van der Waals surface area contributed by atoms with Crippen molar-refractivity contribution in [2.75, 3.05) is 12.4 Å². The highest BCUT2D eigenvalue weighted by Gasteiger charge is 2.13. The summed E-state index contributed by atoms with van der Waals surface area (Å²) in [6.45, 7) is 0.430. The molecule has 0 aromatic heterocycles. The highest BCUT2D eigenvalue weighted by molar-refractivity contribution is 5.62. The van der Waals surface area contributed by atoms with Gasteiger partial charge in [-0.05, 0) is 29.8 Å². The molecule has 5 heteroatoms. The predicted octanol–water partition coefficient (Wildman–Crippen LogP) is 3.73. The first kappa shape index (κ1) is 14.0. The Kier molecular flexibility index (Phi) is 4.28. The molecule has 1 N–H and O–H groups in total. The van der Waals surface area contributed by atoms with Gasteiger partial charge in [0.25, 0.3) is 0 Å². The van der Waals surface area contributed by atoms with Crippen molar-refractivity contribution in [3.05, 3.63) is 59.2 Å². The van der Waals surface area contributed by atoms with E-state index in [0.29, 0.717) is 12.3 Å². The van der Waals surface area contributed by atoms with E-state index in [4.69, 9.17) is 10.00 Å². The van der Waals surface area contributed by atoms with Crippen LogP contribution < -0.4 is 5.32 Å². The molecule has 0 atom stereocenters. The number of halogens is 2. The lowest BCUT2D eigenvalue weighted by atomic mass is 10.1. The third-order valence-electron chi connectivity index (χ3n) is 2.72. The van der Waals surface area contributed by atoms with Gasteiger partial charge in [0, 0.05) is 12.8 Å². The van der Waals surface area contributed by atoms with Gasteiger partial charge in [0.1, 0.15) is 6.07 Å². The SMILES string of the molecule is COCc1cccc(Nc2ccc(C#N)c(F)c2F)c1. The molecule has 20 heavy (non-hydrogen) atoms. The molecule has 0 spiro atoms. The van der Waals surface area contributed by atoms with Gasteiger partial charge in [-0.3, -0.25) is 0 Å². The average Bonchev–Trinajstić information content (AvgIpc) is 2.45. The monoisotopic (exact) mass is 274 g/mol. The first-order chi connectivity index (χ1) is 9.65. The average molecular weight is 274 g/mol. The number of methoxy groups -OCH3 is 1. The van der Waals surface area contributed by atoms with E-state index in [1.807, 2.05) is 6.07 Å². The van der Waals surface area contributed by atoms with E-state index in [2.05, 4.69) is 5.32 Å². The fourth-order valence-corrected chi connectivity index (χ4v) is 1.79. The zero-order valence-electron chi connectivity index (χ0n) is 10.8. The Morgan fingerprint density at radius 3 is 2.70 bits per heavy atom. The van der Waals surface area contributed by atoms with E-state index >= 15 is 0 Å². The molecule has 0 saturated heterocycles. The predicted molar refractivity (Wildman–Crippen MR) is 71.5 cm³/mol. The molecule has 0 amide bonds. The summed E-state index contributed by atoms with van der Waals surface area (Å²) in [7, 11) is 1.58. The molecule has 0 unspecified atom stereocenters. The standard InChI is InChI=1S/C15H12F2N2O/c1-20-9-10-3-2-4-12(7-10)19-13-6-5-11(8-18)14(16)15(13)17/h2-7,19H,9H2,1H3. The summed E-state index contributed by atoms with van der Waals surface area (Å²) in [5.74, 6) is -2.22. The minimum Gasteiger partial charge on any atom is -0.380 e. The molecular weight excluding hydrogens is 262 g/mol. The normalized spacial score (nSPS) is 10.1. The smallest absolute Gasteiger partial charge is 0.183 e. The number of nitriles is 1. The first-order valence-electron chi connectivity index (χ1n) is 5.88. The van der Waals surface area contributed by atoms with Gasteiger partial charge < -0.3 is 10.1 Å². The third kappa shape index (κ3) is 2.92. The van der Waals surface area contributed by atoms with Crippen LogP contribution in [-0.4, -0.2) is 7.11 Å². The van der Waals surface area contributed by atoms with Crippen molar-refractivity contribution in [1.82, 2.24) is 0 Å². The topological polar surface area (TPSA) is 45.0 Å². The lowest BCUT2D eigenvalue weighted by molar-refractivity contribution is 0.185. The van der Waals surface area contributed by atoms with Crippen LogP contribution in [0.1, 0.15) is 11.1 Å². The lowest BCUT2D eigenvalue weighted by Gasteiger charge is -2.10. The number of nitrogens with zero attached hydrogens (tertiary/aromatic N) is 1. The van der Waals surface area contributed by atoms with Crippen LogP contribution in [0.3, 0.4) is 0 Å². The fraction of sp³-hybridized carbons (Fsp3) is 0.133. The molecule has 0 heterocycles. The molecule has 0 fully saturated rings. The van der Waals surface area contributed by atoms with Gasteiger partial charge in [-0.2, -0.15) is 5.26 Å². The molecule has 2 rings (SSSR count). The van der Waals surface area contributed by atoms with Crippen LogP contribution in [0, 0.1) is 23.0 Å². The third-order valence-corrected chi connectivity index (χ3v) is 2.72. The number of hydrogen-bond donors (Lipinski definition) is 1. The van der Waals surface area contributed by atoms with E-state index < -0.39 is 11.6 Å². The van der Waals surface area contributed by atoms with Crippen molar-refractivity contribution in [1.29, 1.82) is 5.26 Å². The number of hydrogen-bond acceptors (Lipinski definition) is 3. The van der Waals surface area contributed by atoms with Crippen molar-refractivity contribution < 1.29 is 13.5 Å². The minimum absolute atomic E-state index is 0.0175. The number of anilines is 2. The van der Waals surface area contributed by atoms with Gasteiger partial charge in [0.15, 0.2) is 11.6 Å². The number of rotatable bonds is 4. The summed E-state index contributed by atoms with van der Waals surface area (Å²) < 4.78 is 32.3. The molecular formula is C15H12F2N2O. The number of ether oxygens (including phenoxy) is 1. The Labute approximate surface area is 115 Å². The minimum atomic E-state index is -1.15. The zero-order valence-corrected chi connectivity index (χ0v) is 10.8. The van der Waals surface area contributed by atoms with Crippen LogP contribution in [0.5, 0.6) is 0 Å². The number of benzene rings is 2. The van der Waals surface area contributed by atoms with Crippen molar-refractivity contribution in [2.45, 2.75) is 6.61 Å². The molecule has 0 radical (unpaired) electrons. The van der Waals surface area contributed by atoms with Gasteiger partial charge >= 0.3 is 0 Å². The van der Waals surface area contributed by atoms with Crippen LogP contribution >= 0.6 is 0 Å². The Balaban J connectivity index is 2.29. The molecule has 2 aromatic rings. The van der Waals surface area contributed by atoms with Crippen LogP contribution in [0.4, 0.5) is 20.2 Å². The molecule has 0 bridgehead atoms. The maximum absolute atomic E-state index is 13.8. The Morgan fingerprint density at radius 2 is 2.00 bits per heavy atom. The van der Waals surface area contributed by atoms with Crippen molar-refractivity contribution >= 4 is 11.4 Å². The summed E-state index contributed by atoms with van der Waals surface area (Å²) in [5, 5.41) is 11.4. The van der Waals surface area contributed by atoms with E-state index in [-0.39, 0.29) is 11.3 Å². The van der Waals surface area contributed by atoms with Crippen LogP contribution in [0.2, 0.25) is 0 Å². The van der Waals surface area contributed by atoms with E-state index in [9.17, 15) is 8.78 Å². The molecule has 2 aromatic carbocycles. The van der Waals surface area contributed by atoms with Gasteiger partial charge in [0.05, 0.1) is 17.9 Å². The first-order valence-corrected chi connectivity index (χ1v) is 5.88. The molecule has 0 aliphatic rings. The van der Waals surface area contributed by atoms with Crippen molar-refractivity contribution in [3.8, 4) is 6.07 Å². The maximum atomic E-state index is 13.8. The van der Waals surface area contributed by atoms with E-state index in [1.165, 1.54) is 12.1 Å². The van der Waals surface area contributed by atoms with Gasteiger partial charge in [-0.15, -0.1) is 0 Å². The summed E-state index contributed by atoms with van der Waals surface area (Å²) >= 11 is 0. The van der Waals surface area contributed by atoms with Gasteiger partial charge in [-0.1, -0.05) is 12.1 Å². The molecule has 102 valence electrons. The Morgan fingerprint density at radius 1 is 1.20 bits per heavy atom. The lowest BCUT2D eigenvalue weighted by Crippen LogP contribution is -1.99. The zero-order chi connectivity index (χ0) is 14.5.